The van der Waals surface area contributed by atoms with Crippen LogP contribution in [0.1, 0.15) is 17.2 Å². The zero-order valence-corrected chi connectivity index (χ0v) is 14.6. The molecule has 2 aromatic rings. The molecule has 0 amide bonds. The van der Waals surface area contributed by atoms with Gasteiger partial charge in [-0.15, -0.1) is 12.4 Å². The predicted molar refractivity (Wildman–Crippen MR) is 92.0 cm³/mol. The second-order valence-electron chi connectivity index (χ2n) is 4.91. The van der Waals surface area contributed by atoms with Crippen molar-refractivity contribution in [1.82, 2.24) is 10.2 Å². The van der Waals surface area contributed by atoms with Gasteiger partial charge in [0.25, 0.3) is 0 Å². The lowest BCUT2D eigenvalue weighted by atomic mass is 9.98. The Balaban J connectivity index is 0.00000161. The fourth-order valence-electron chi connectivity index (χ4n) is 2.68. The molecule has 0 saturated carbocycles. The maximum absolute atomic E-state index is 14.3. The van der Waals surface area contributed by atoms with E-state index in [-0.39, 0.29) is 24.3 Å². The van der Waals surface area contributed by atoms with Crippen molar-refractivity contribution < 1.29 is 4.39 Å². The summed E-state index contributed by atoms with van der Waals surface area (Å²) in [5, 5.41) is 7.52. The first-order chi connectivity index (χ1) is 9.75. The molecule has 0 bridgehead atoms. The van der Waals surface area contributed by atoms with Gasteiger partial charge >= 0.3 is 0 Å². The highest BCUT2D eigenvalue weighted by molar-refractivity contribution is 9.10. The summed E-state index contributed by atoms with van der Waals surface area (Å²) in [6, 6.07) is 7.29. The minimum atomic E-state index is -0.136. The number of rotatable bonds is 3. The quantitative estimate of drug-likeness (QED) is 0.848. The van der Waals surface area contributed by atoms with Crippen molar-refractivity contribution in [2.75, 3.05) is 26.2 Å². The van der Waals surface area contributed by atoms with Gasteiger partial charge in [0, 0.05) is 36.2 Å². The summed E-state index contributed by atoms with van der Waals surface area (Å²) in [7, 11) is 0. The highest BCUT2D eigenvalue weighted by Crippen LogP contribution is 2.33. The van der Waals surface area contributed by atoms with Crippen molar-refractivity contribution in [2.45, 2.75) is 6.04 Å². The Morgan fingerprint density at radius 2 is 2.00 bits per heavy atom. The predicted octanol–water partition coefficient (Wildman–Crippen LogP) is 4.07. The number of thiophene rings is 1. The van der Waals surface area contributed by atoms with E-state index in [1.165, 1.54) is 5.56 Å². The lowest BCUT2D eigenvalue weighted by Gasteiger charge is -2.35. The van der Waals surface area contributed by atoms with Crippen molar-refractivity contribution in [3.05, 3.63) is 56.4 Å². The molecular formula is C15H17BrClFN2S. The summed E-state index contributed by atoms with van der Waals surface area (Å²) in [4.78, 5) is 2.35. The third-order valence-electron chi connectivity index (χ3n) is 3.63. The smallest absolute Gasteiger partial charge is 0.128 e. The van der Waals surface area contributed by atoms with Crippen LogP contribution in [0.4, 0.5) is 4.39 Å². The molecule has 2 nitrogen and oxygen atoms in total. The fourth-order valence-corrected chi connectivity index (χ4v) is 3.74. The molecule has 3 rings (SSSR count). The maximum Gasteiger partial charge on any atom is 0.128 e. The average molecular weight is 392 g/mol. The van der Waals surface area contributed by atoms with Crippen LogP contribution in [-0.2, 0) is 0 Å². The third-order valence-corrected chi connectivity index (χ3v) is 4.82. The van der Waals surface area contributed by atoms with Crippen LogP contribution in [0.25, 0.3) is 0 Å². The average Bonchev–Trinajstić information content (AvgIpc) is 2.98. The van der Waals surface area contributed by atoms with Gasteiger partial charge < -0.3 is 5.32 Å². The van der Waals surface area contributed by atoms with E-state index in [1.807, 2.05) is 6.07 Å². The first kappa shape index (κ1) is 16.9. The van der Waals surface area contributed by atoms with Crippen molar-refractivity contribution in [1.29, 1.82) is 0 Å². The molecule has 0 aliphatic carbocycles. The highest BCUT2D eigenvalue weighted by Gasteiger charge is 2.26. The molecule has 0 radical (unpaired) electrons. The van der Waals surface area contributed by atoms with Crippen LogP contribution >= 0.6 is 39.7 Å². The maximum atomic E-state index is 14.3. The number of hydrogen-bond donors (Lipinski definition) is 1. The van der Waals surface area contributed by atoms with E-state index in [9.17, 15) is 4.39 Å². The van der Waals surface area contributed by atoms with Gasteiger partial charge in [0.2, 0.25) is 0 Å². The molecule has 1 aromatic heterocycles. The summed E-state index contributed by atoms with van der Waals surface area (Å²) < 4.78 is 15.2. The molecule has 1 aromatic carbocycles. The Kier molecular flexibility index (Phi) is 6.20. The highest BCUT2D eigenvalue weighted by atomic mass is 79.9. The summed E-state index contributed by atoms with van der Waals surface area (Å²) in [5.74, 6) is -0.136. The van der Waals surface area contributed by atoms with Crippen LogP contribution in [0.2, 0.25) is 0 Å². The normalized spacial score (nSPS) is 17.2. The van der Waals surface area contributed by atoms with Crippen molar-refractivity contribution >= 4 is 39.7 Å². The van der Waals surface area contributed by atoms with Crippen LogP contribution in [-0.4, -0.2) is 31.1 Å². The van der Waals surface area contributed by atoms with E-state index in [1.54, 1.807) is 23.5 Å². The van der Waals surface area contributed by atoms with E-state index in [0.717, 1.165) is 36.2 Å². The van der Waals surface area contributed by atoms with Gasteiger partial charge in [-0.1, -0.05) is 15.9 Å². The van der Waals surface area contributed by atoms with Crippen LogP contribution in [0, 0.1) is 5.82 Å². The second-order valence-corrected chi connectivity index (χ2v) is 6.61. The Hall–Kier alpha value is -0.460. The Bertz CT molecular complexity index is 573. The second kappa shape index (κ2) is 7.70. The van der Waals surface area contributed by atoms with E-state index < -0.39 is 0 Å². The minimum Gasteiger partial charge on any atom is -0.314 e. The topological polar surface area (TPSA) is 15.3 Å². The first-order valence-corrected chi connectivity index (χ1v) is 8.41. The van der Waals surface area contributed by atoms with Gasteiger partial charge in [-0.05, 0) is 40.6 Å². The van der Waals surface area contributed by atoms with Gasteiger partial charge in [-0.25, -0.2) is 4.39 Å². The number of piperazine rings is 1. The molecule has 1 fully saturated rings. The number of benzene rings is 1. The van der Waals surface area contributed by atoms with Crippen molar-refractivity contribution in [3.8, 4) is 0 Å². The van der Waals surface area contributed by atoms with Gasteiger partial charge in [-0.2, -0.15) is 11.3 Å². The van der Waals surface area contributed by atoms with Gasteiger partial charge in [0.05, 0.1) is 6.04 Å². The van der Waals surface area contributed by atoms with Crippen molar-refractivity contribution in [2.24, 2.45) is 0 Å². The molecule has 2 heterocycles. The summed E-state index contributed by atoms with van der Waals surface area (Å²) in [6.45, 7) is 3.78. The molecular weight excluding hydrogens is 375 g/mol. The molecule has 0 spiro atoms. The van der Waals surface area contributed by atoms with Gasteiger partial charge in [-0.3, -0.25) is 4.90 Å². The zero-order chi connectivity index (χ0) is 13.9. The van der Waals surface area contributed by atoms with Crippen LogP contribution in [0.15, 0.2) is 39.5 Å². The minimum absolute atomic E-state index is 0. The van der Waals surface area contributed by atoms with Crippen LogP contribution in [0.5, 0.6) is 0 Å². The molecule has 114 valence electrons. The van der Waals surface area contributed by atoms with E-state index in [0.29, 0.717) is 0 Å². The number of nitrogens with one attached hydrogen (secondary N) is 1. The molecule has 1 aliphatic heterocycles. The molecule has 1 aliphatic rings. The lowest BCUT2D eigenvalue weighted by molar-refractivity contribution is 0.195. The third kappa shape index (κ3) is 3.85. The van der Waals surface area contributed by atoms with E-state index in [4.69, 9.17) is 0 Å². The van der Waals surface area contributed by atoms with Gasteiger partial charge in [0.1, 0.15) is 5.82 Å². The van der Waals surface area contributed by atoms with Crippen LogP contribution in [0.3, 0.4) is 0 Å². The molecule has 21 heavy (non-hydrogen) atoms. The summed E-state index contributed by atoms with van der Waals surface area (Å²) in [6.07, 6.45) is 0. The van der Waals surface area contributed by atoms with E-state index in [2.05, 4.69) is 43.0 Å². The largest absolute Gasteiger partial charge is 0.314 e. The monoisotopic (exact) mass is 390 g/mol. The Morgan fingerprint density at radius 3 is 2.67 bits per heavy atom. The van der Waals surface area contributed by atoms with Crippen molar-refractivity contribution in [3.63, 3.8) is 0 Å². The Morgan fingerprint density at radius 1 is 1.24 bits per heavy atom. The molecule has 0 unspecified atom stereocenters. The molecule has 6 heteroatoms. The first-order valence-electron chi connectivity index (χ1n) is 6.67. The SMILES string of the molecule is Cl.Fc1ccc(Br)cc1[C@@H](c1ccsc1)N1CCNCC1. The zero-order valence-electron chi connectivity index (χ0n) is 11.4. The summed E-state index contributed by atoms with van der Waals surface area (Å²) in [5.41, 5.74) is 1.92. The number of halogens is 3. The fraction of sp³-hybridized carbons (Fsp3) is 0.333. The summed E-state index contributed by atoms with van der Waals surface area (Å²) >= 11 is 5.12. The molecule has 1 atom stereocenters. The lowest BCUT2D eigenvalue weighted by Crippen LogP contribution is -2.45. The van der Waals surface area contributed by atoms with E-state index >= 15 is 0 Å². The van der Waals surface area contributed by atoms with Gasteiger partial charge in [0.15, 0.2) is 0 Å². The number of nitrogens with zero attached hydrogens (tertiary/aromatic N) is 1. The molecule has 1 N–H and O–H groups in total. The standard InChI is InChI=1S/C15H16BrFN2S.ClH/c16-12-1-2-14(17)13(9-12)15(11-3-8-20-10-11)19-6-4-18-5-7-19;/h1-3,8-10,15,18H,4-7H2;1H/t15-;/m1./s1. The number of hydrogen-bond acceptors (Lipinski definition) is 3. The van der Waals surface area contributed by atoms with Crippen LogP contribution < -0.4 is 5.32 Å². The Labute approximate surface area is 142 Å². The molecule has 1 saturated heterocycles.